The zero-order chi connectivity index (χ0) is 10.7. The molecule has 0 spiro atoms. The molecule has 84 valence electrons. The fourth-order valence-corrected chi connectivity index (χ4v) is 2.45. The molecule has 2 unspecified atom stereocenters. The van der Waals surface area contributed by atoms with Crippen molar-refractivity contribution in [1.82, 2.24) is 5.32 Å². The van der Waals surface area contributed by atoms with E-state index in [0.29, 0.717) is 5.92 Å². The van der Waals surface area contributed by atoms with Gasteiger partial charge >= 0.3 is 0 Å². The summed E-state index contributed by atoms with van der Waals surface area (Å²) in [5.41, 5.74) is 0. The lowest BCUT2D eigenvalue weighted by molar-refractivity contribution is 0.0367. The van der Waals surface area contributed by atoms with Crippen molar-refractivity contribution in [2.24, 2.45) is 5.92 Å². The molecule has 0 amide bonds. The van der Waals surface area contributed by atoms with Crippen LogP contribution in [0.3, 0.4) is 0 Å². The SMILES string of the molecule is CNC(c1ccc(Br)o1)C1CCCOC1. The fourth-order valence-electron chi connectivity index (χ4n) is 2.13. The zero-order valence-electron chi connectivity index (χ0n) is 8.83. The summed E-state index contributed by atoms with van der Waals surface area (Å²) in [5.74, 6) is 1.50. The Morgan fingerprint density at radius 3 is 2.93 bits per heavy atom. The molecule has 1 aromatic rings. The van der Waals surface area contributed by atoms with Crippen LogP contribution in [0, 0.1) is 5.92 Å². The molecule has 1 saturated heterocycles. The average Bonchev–Trinajstić information content (AvgIpc) is 2.68. The fraction of sp³-hybridized carbons (Fsp3) is 0.636. The summed E-state index contributed by atoms with van der Waals surface area (Å²) in [6.45, 7) is 1.72. The topological polar surface area (TPSA) is 34.4 Å². The van der Waals surface area contributed by atoms with Gasteiger partial charge in [-0.2, -0.15) is 0 Å². The molecular weight excluding hydrogens is 258 g/mol. The minimum Gasteiger partial charge on any atom is -0.453 e. The highest BCUT2D eigenvalue weighted by Crippen LogP contribution is 2.30. The molecule has 3 nitrogen and oxygen atoms in total. The first kappa shape index (κ1) is 11.2. The first-order chi connectivity index (χ1) is 7.31. The van der Waals surface area contributed by atoms with Crippen molar-refractivity contribution in [2.75, 3.05) is 20.3 Å². The Balaban J connectivity index is 2.08. The van der Waals surface area contributed by atoms with Gasteiger partial charge in [0, 0.05) is 12.5 Å². The number of hydrogen-bond donors (Lipinski definition) is 1. The summed E-state index contributed by atoms with van der Waals surface area (Å²) in [5, 5.41) is 3.31. The van der Waals surface area contributed by atoms with Crippen molar-refractivity contribution in [1.29, 1.82) is 0 Å². The molecule has 4 heteroatoms. The van der Waals surface area contributed by atoms with E-state index in [9.17, 15) is 0 Å². The maximum Gasteiger partial charge on any atom is 0.169 e. The van der Waals surface area contributed by atoms with Crippen LogP contribution in [0.5, 0.6) is 0 Å². The molecule has 2 heterocycles. The van der Waals surface area contributed by atoms with Gasteiger partial charge in [0.1, 0.15) is 5.76 Å². The molecule has 15 heavy (non-hydrogen) atoms. The lowest BCUT2D eigenvalue weighted by Crippen LogP contribution is -2.31. The van der Waals surface area contributed by atoms with Crippen LogP contribution in [0.1, 0.15) is 24.6 Å². The van der Waals surface area contributed by atoms with Crippen LogP contribution in [0.2, 0.25) is 0 Å². The summed E-state index contributed by atoms with van der Waals surface area (Å²) in [7, 11) is 1.97. The van der Waals surface area contributed by atoms with Crippen LogP contribution in [0.25, 0.3) is 0 Å². The van der Waals surface area contributed by atoms with Crippen LogP contribution in [-0.2, 0) is 4.74 Å². The summed E-state index contributed by atoms with van der Waals surface area (Å²) >= 11 is 3.33. The number of ether oxygens (including phenoxy) is 1. The first-order valence-electron chi connectivity index (χ1n) is 5.31. The van der Waals surface area contributed by atoms with Crippen LogP contribution in [0.4, 0.5) is 0 Å². The minimum atomic E-state index is 0.261. The van der Waals surface area contributed by atoms with Gasteiger partial charge in [0.2, 0.25) is 0 Å². The largest absolute Gasteiger partial charge is 0.453 e. The van der Waals surface area contributed by atoms with E-state index >= 15 is 0 Å². The number of hydrogen-bond acceptors (Lipinski definition) is 3. The third-order valence-electron chi connectivity index (χ3n) is 2.88. The van der Waals surface area contributed by atoms with Crippen LogP contribution in [-0.4, -0.2) is 20.3 Å². The van der Waals surface area contributed by atoms with Crippen molar-refractivity contribution >= 4 is 15.9 Å². The van der Waals surface area contributed by atoms with Crippen molar-refractivity contribution in [3.63, 3.8) is 0 Å². The Hall–Kier alpha value is -0.320. The molecule has 1 fully saturated rings. The van der Waals surface area contributed by atoms with E-state index in [1.165, 1.54) is 6.42 Å². The highest BCUT2D eigenvalue weighted by Gasteiger charge is 2.26. The van der Waals surface area contributed by atoms with Gasteiger partial charge in [-0.15, -0.1) is 0 Å². The standard InChI is InChI=1S/C11H16BrNO2/c1-13-11(8-3-2-6-14-7-8)9-4-5-10(12)15-9/h4-5,8,11,13H,2-3,6-7H2,1H3. The van der Waals surface area contributed by atoms with Crippen LogP contribution >= 0.6 is 15.9 Å². The summed E-state index contributed by atoms with van der Waals surface area (Å²) < 4.78 is 11.9. The zero-order valence-corrected chi connectivity index (χ0v) is 10.4. The third kappa shape index (κ3) is 2.62. The molecule has 1 aromatic heterocycles. The van der Waals surface area contributed by atoms with E-state index in [0.717, 1.165) is 30.1 Å². The number of halogens is 1. The highest BCUT2D eigenvalue weighted by atomic mass is 79.9. The van der Waals surface area contributed by atoms with Gasteiger partial charge in [-0.25, -0.2) is 0 Å². The predicted octanol–water partition coefficient (Wildman–Crippen LogP) is 2.73. The van der Waals surface area contributed by atoms with E-state index < -0.39 is 0 Å². The van der Waals surface area contributed by atoms with Gasteiger partial charge in [0.25, 0.3) is 0 Å². The predicted molar refractivity (Wildman–Crippen MR) is 61.8 cm³/mol. The summed E-state index contributed by atoms with van der Waals surface area (Å²) in [6.07, 6.45) is 2.34. The van der Waals surface area contributed by atoms with E-state index in [1.807, 2.05) is 19.2 Å². The van der Waals surface area contributed by atoms with Gasteiger partial charge in [0.15, 0.2) is 4.67 Å². The first-order valence-corrected chi connectivity index (χ1v) is 6.11. The number of furan rings is 1. The second kappa shape index (κ2) is 5.14. The average molecular weight is 274 g/mol. The van der Waals surface area contributed by atoms with E-state index in [2.05, 4.69) is 21.2 Å². The molecule has 0 aliphatic carbocycles. The molecule has 1 N–H and O–H groups in total. The Kier molecular flexibility index (Phi) is 3.83. The van der Waals surface area contributed by atoms with Gasteiger partial charge in [-0.3, -0.25) is 0 Å². The molecule has 2 atom stereocenters. The lowest BCUT2D eigenvalue weighted by Gasteiger charge is -2.28. The quantitative estimate of drug-likeness (QED) is 0.920. The van der Waals surface area contributed by atoms with Crippen molar-refractivity contribution in [3.05, 3.63) is 22.6 Å². The lowest BCUT2D eigenvalue weighted by atomic mass is 9.92. The van der Waals surface area contributed by atoms with Crippen LogP contribution in [0.15, 0.2) is 21.2 Å². The molecular formula is C11H16BrNO2. The van der Waals surface area contributed by atoms with Gasteiger partial charge in [-0.05, 0) is 48.0 Å². The minimum absolute atomic E-state index is 0.261. The number of rotatable bonds is 3. The second-order valence-corrected chi connectivity index (χ2v) is 4.67. The molecule has 0 bridgehead atoms. The van der Waals surface area contributed by atoms with Crippen molar-refractivity contribution < 1.29 is 9.15 Å². The molecule has 2 rings (SSSR count). The van der Waals surface area contributed by atoms with Crippen LogP contribution < -0.4 is 5.32 Å². The van der Waals surface area contributed by atoms with Gasteiger partial charge < -0.3 is 14.5 Å². The number of nitrogens with one attached hydrogen (secondary N) is 1. The maximum atomic E-state index is 5.59. The van der Waals surface area contributed by atoms with E-state index in [4.69, 9.17) is 9.15 Å². The Bertz CT molecular complexity index is 307. The molecule has 0 radical (unpaired) electrons. The Morgan fingerprint density at radius 2 is 2.40 bits per heavy atom. The maximum absolute atomic E-state index is 5.59. The molecule has 1 aliphatic heterocycles. The normalized spacial score (nSPS) is 24.0. The highest BCUT2D eigenvalue weighted by molar-refractivity contribution is 9.10. The molecule has 0 aromatic carbocycles. The molecule has 1 aliphatic rings. The van der Waals surface area contributed by atoms with Gasteiger partial charge in [-0.1, -0.05) is 0 Å². The van der Waals surface area contributed by atoms with E-state index in [-0.39, 0.29) is 6.04 Å². The third-order valence-corrected chi connectivity index (χ3v) is 3.30. The second-order valence-electron chi connectivity index (χ2n) is 3.89. The van der Waals surface area contributed by atoms with E-state index in [1.54, 1.807) is 0 Å². The summed E-state index contributed by atoms with van der Waals surface area (Å²) in [6, 6.07) is 4.21. The smallest absolute Gasteiger partial charge is 0.169 e. The van der Waals surface area contributed by atoms with Crippen molar-refractivity contribution in [2.45, 2.75) is 18.9 Å². The molecule has 0 saturated carbocycles. The van der Waals surface area contributed by atoms with Gasteiger partial charge in [0.05, 0.1) is 12.6 Å². The monoisotopic (exact) mass is 273 g/mol. The summed E-state index contributed by atoms with van der Waals surface area (Å²) in [4.78, 5) is 0. The Labute approximate surface area is 98.3 Å². The van der Waals surface area contributed by atoms with Crippen molar-refractivity contribution in [3.8, 4) is 0 Å². The Morgan fingerprint density at radius 1 is 1.53 bits per heavy atom.